The number of nitrogen functional groups attached to an aromatic ring is 1. The monoisotopic (exact) mass is 229 g/mol. The first-order valence-electron chi connectivity index (χ1n) is 4.52. The molecule has 0 saturated heterocycles. The third kappa shape index (κ3) is 2.09. The quantitative estimate of drug-likeness (QED) is 0.629. The fraction of sp³-hybridized carbons (Fsp3) is 0.556. The summed E-state index contributed by atoms with van der Waals surface area (Å²) in [4.78, 5) is 15.5. The Morgan fingerprint density at radius 1 is 1.60 bits per heavy atom. The van der Waals surface area contributed by atoms with Crippen molar-refractivity contribution in [2.24, 2.45) is 0 Å². The molecule has 0 atom stereocenters. The van der Waals surface area contributed by atoms with Gasteiger partial charge in [0.05, 0.1) is 7.11 Å². The van der Waals surface area contributed by atoms with Gasteiger partial charge in [-0.1, -0.05) is 11.8 Å². The molecule has 2 N–H and O–H groups in total. The van der Waals surface area contributed by atoms with Crippen LogP contribution in [0.3, 0.4) is 0 Å². The SMILES string of the molecule is COC(=O)c1nc(SC)n(C(C)C)c1N. The fourth-order valence-electron chi connectivity index (χ4n) is 1.31. The maximum Gasteiger partial charge on any atom is 0.360 e. The van der Waals surface area contributed by atoms with Gasteiger partial charge in [-0.2, -0.15) is 0 Å². The Morgan fingerprint density at radius 3 is 2.53 bits per heavy atom. The van der Waals surface area contributed by atoms with Crippen LogP contribution in [0.15, 0.2) is 5.16 Å². The predicted molar refractivity (Wildman–Crippen MR) is 60.1 cm³/mol. The number of carbonyl (C=O) groups excluding carboxylic acids is 1. The summed E-state index contributed by atoms with van der Waals surface area (Å²) in [5, 5.41) is 0.725. The number of ether oxygens (including phenoxy) is 1. The van der Waals surface area contributed by atoms with E-state index in [4.69, 9.17) is 5.73 Å². The summed E-state index contributed by atoms with van der Waals surface area (Å²) < 4.78 is 6.42. The van der Waals surface area contributed by atoms with Crippen LogP contribution < -0.4 is 5.73 Å². The molecule has 0 spiro atoms. The standard InChI is InChI=1S/C9H15N3O2S/c1-5(2)12-7(10)6(8(13)14-3)11-9(12)15-4/h5H,10H2,1-4H3. The number of imidazole rings is 1. The number of rotatable bonds is 3. The molecular formula is C9H15N3O2S. The minimum Gasteiger partial charge on any atom is -0.464 e. The Morgan fingerprint density at radius 2 is 2.20 bits per heavy atom. The van der Waals surface area contributed by atoms with Gasteiger partial charge in [0.1, 0.15) is 5.82 Å². The van der Waals surface area contributed by atoms with Crippen molar-refractivity contribution < 1.29 is 9.53 Å². The van der Waals surface area contributed by atoms with Gasteiger partial charge >= 0.3 is 5.97 Å². The van der Waals surface area contributed by atoms with Crippen LogP contribution in [0.25, 0.3) is 0 Å². The van der Waals surface area contributed by atoms with Gasteiger partial charge in [0.25, 0.3) is 0 Å². The fourth-order valence-corrected chi connectivity index (χ4v) is 2.00. The zero-order valence-electron chi connectivity index (χ0n) is 9.27. The highest BCUT2D eigenvalue weighted by atomic mass is 32.2. The molecule has 6 heteroatoms. The molecule has 0 aliphatic heterocycles. The van der Waals surface area contributed by atoms with Crippen LogP contribution in [-0.2, 0) is 4.74 Å². The van der Waals surface area contributed by atoms with Crippen LogP contribution in [0.5, 0.6) is 0 Å². The van der Waals surface area contributed by atoms with Crippen molar-refractivity contribution in [3.8, 4) is 0 Å². The van der Waals surface area contributed by atoms with Crippen molar-refractivity contribution in [3.05, 3.63) is 5.69 Å². The van der Waals surface area contributed by atoms with Crippen molar-refractivity contribution in [2.45, 2.75) is 25.0 Å². The predicted octanol–water partition coefficient (Wildman–Crippen LogP) is 1.55. The number of methoxy groups -OCH3 is 1. The van der Waals surface area contributed by atoms with Gasteiger partial charge in [0.15, 0.2) is 10.9 Å². The average Bonchev–Trinajstić information content (AvgIpc) is 2.54. The number of aromatic nitrogens is 2. The third-order valence-electron chi connectivity index (χ3n) is 1.99. The van der Waals surface area contributed by atoms with Crippen molar-refractivity contribution in [3.63, 3.8) is 0 Å². The molecule has 0 bridgehead atoms. The second kappa shape index (κ2) is 4.57. The minimum atomic E-state index is -0.498. The topological polar surface area (TPSA) is 70.1 Å². The first-order chi connectivity index (χ1) is 7.02. The molecule has 84 valence electrons. The van der Waals surface area contributed by atoms with Crippen LogP contribution in [0.1, 0.15) is 30.4 Å². The number of thioether (sulfide) groups is 1. The summed E-state index contributed by atoms with van der Waals surface area (Å²) in [6, 6.07) is 0.165. The molecule has 1 heterocycles. The molecule has 0 fully saturated rings. The second-order valence-corrected chi connectivity index (χ2v) is 4.06. The lowest BCUT2D eigenvalue weighted by molar-refractivity contribution is 0.0595. The average molecular weight is 229 g/mol. The van der Waals surface area contributed by atoms with E-state index in [9.17, 15) is 4.79 Å². The molecule has 1 aromatic rings. The lowest BCUT2D eigenvalue weighted by Crippen LogP contribution is -2.10. The molecule has 1 aromatic heterocycles. The summed E-state index contributed by atoms with van der Waals surface area (Å²) >= 11 is 1.45. The number of hydrogen-bond donors (Lipinski definition) is 1. The number of hydrogen-bond acceptors (Lipinski definition) is 5. The molecule has 0 aromatic carbocycles. The van der Waals surface area contributed by atoms with E-state index < -0.39 is 5.97 Å². The van der Waals surface area contributed by atoms with Crippen molar-refractivity contribution in [1.29, 1.82) is 0 Å². The minimum absolute atomic E-state index is 0.165. The van der Waals surface area contributed by atoms with Gasteiger partial charge in [0.2, 0.25) is 0 Å². The number of esters is 1. The van der Waals surface area contributed by atoms with E-state index in [-0.39, 0.29) is 11.7 Å². The van der Waals surface area contributed by atoms with E-state index in [1.165, 1.54) is 18.9 Å². The Kier molecular flexibility index (Phi) is 3.62. The summed E-state index contributed by atoms with van der Waals surface area (Å²) in [7, 11) is 1.31. The van der Waals surface area contributed by atoms with Crippen molar-refractivity contribution >= 4 is 23.5 Å². The molecule has 5 nitrogen and oxygen atoms in total. The lowest BCUT2D eigenvalue weighted by atomic mass is 10.3. The zero-order chi connectivity index (χ0) is 11.6. The molecule has 0 radical (unpaired) electrons. The Balaban J connectivity index is 3.28. The molecule has 15 heavy (non-hydrogen) atoms. The van der Waals surface area contributed by atoms with E-state index in [0.29, 0.717) is 5.82 Å². The Hall–Kier alpha value is -1.17. The normalized spacial score (nSPS) is 10.7. The second-order valence-electron chi connectivity index (χ2n) is 3.29. The van der Waals surface area contributed by atoms with E-state index in [2.05, 4.69) is 9.72 Å². The highest BCUT2D eigenvalue weighted by molar-refractivity contribution is 7.98. The van der Waals surface area contributed by atoms with Crippen molar-refractivity contribution in [2.75, 3.05) is 19.1 Å². The molecule has 1 rings (SSSR count). The number of anilines is 1. The molecule has 0 aliphatic rings. The van der Waals surface area contributed by atoms with Crippen LogP contribution in [0, 0.1) is 0 Å². The van der Waals surface area contributed by atoms with Crippen LogP contribution in [-0.4, -0.2) is 28.9 Å². The summed E-state index contributed by atoms with van der Waals surface area (Å²) in [6.45, 7) is 3.97. The summed E-state index contributed by atoms with van der Waals surface area (Å²) in [5.74, 6) is -0.136. The maximum atomic E-state index is 11.4. The van der Waals surface area contributed by atoms with Crippen LogP contribution in [0.2, 0.25) is 0 Å². The number of carbonyl (C=O) groups is 1. The van der Waals surface area contributed by atoms with Gasteiger partial charge in [-0.05, 0) is 20.1 Å². The van der Waals surface area contributed by atoms with Crippen molar-refractivity contribution in [1.82, 2.24) is 9.55 Å². The first kappa shape index (κ1) is 11.9. The van der Waals surface area contributed by atoms with Gasteiger partial charge in [-0.25, -0.2) is 9.78 Å². The highest BCUT2D eigenvalue weighted by Gasteiger charge is 2.21. The number of nitrogens with zero attached hydrogens (tertiary/aromatic N) is 2. The molecule has 0 aliphatic carbocycles. The van der Waals surface area contributed by atoms with E-state index in [1.807, 2.05) is 24.7 Å². The van der Waals surface area contributed by atoms with Gasteiger partial charge in [-0.3, -0.25) is 0 Å². The molecule has 0 saturated carbocycles. The number of nitrogens with two attached hydrogens (primary N) is 1. The van der Waals surface area contributed by atoms with E-state index in [0.717, 1.165) is 5.16 Å². The Bertz CT molecular complexity index is 374. The smallest absolute Gasteiger partial charge is 0.360 e. The molecule has 0 amide bonds. The first-order valence-corrected chi connectivity index (χ1v) is 5.75. The third-order valence-corrected chi connectivity index (χ3v) is 2.65. The van der Waals surface area contributed by atoms with E-state index >= 15 is 0 Å². The van der Waals surface area contributed by atoms with Crippen LogP contribution in [0.4, 0.5) is 5.82 Å². The van der Waals surface area contributed by atoms with Gasteiger partial charge in [0, 0.05) is 6.04 Å². The maximum absolute atomic E-state index is 11.4. The Labute approximate surface area is 93.0 Å². The molecular weight excluding hydrogens is 214 g/mol. The van der Waals surface area contributed by atoms with Gasteiger partial charge < -0.3 is 15.0 Å². The summed E-state index contributed by atoms with van der Waals surface area (Å²) in [6.07, 6.45) is 1.89. The zero-order valence-corrected chi connectivity index (χ0v) is 10.1. The van der Waals surface area contributed by atoms with E-state index in [1.54, 1.807) is 0 Å². The lowest BCUT2D eigenvalue weighted by Gasteiger charge is -2.11. The largest absolute Gasteiger partial charge is 0.464 e. The van der Waals surface area contributed by atoms with Gasteiger partial charge in [-0.15, -0.1) is 0 Å². The molecule has 0 unspecified atom stereocenters. The van der Waals surface area contributed by atoms with Crippen LogP contribution >= 0.6 is 11.8 Å². The summed E-state index contributed by atoms with van der Waals surface area (Å²) in [5.41, 5.74) is 6.03. The highest BCUT2D eigenvalue weighted by Crippen LogP contribution is 2.26.